The average Bonchev–Trinajstić information content (AvgIpc) is 3.22. The fraction of sp³-hybridized carbons (Fsp3) is 0.846. The van der Waals surface area contributed by atoms with Gasteiger partial charge in [-0.2, -0.15) is 0 Å². The fourth-order valence-electron chi connectivity index (χ4n) is 2.43. The molecule has 3 N–H and O–H groups in total. The molecule has 0 aromatic rings. The van der Waals surface area contributed by atoms with Crippen molar-refractivity contribution in [2.45, 2.75) is 25.3 Å². The maximum Gasteiger partial charge on any atom is 0.326 e. The number of hydrogen-bond acceptors (Lipinski definition) is 4. The number of amides is 2. The predicted molar refractivity (Wildman–Crippen MR) is 72.4 cm³/mol. The van der Waals surface area contributed by atoms with E-state index in [-0.39, 0.29) is 19.1 Å². The summed E-state index contributed by atoms with van der Waals surface area (Å²) < 4.78 is 0. The summed E-state index contributed by atoms with van der Waals surface area (Å²) in [4.78, 5) is 26.9. The molecule has 1 aliphatic heterocycles. The van der Waals surface area contributed by atoms with Crippen molar-refractivity contribution in [3.63, 3.8) is 0 Å². The molecule has 0 aromatic carbocycles. The number of carboxylic acid groups (broad SMARTS) is 1. The van der Waals surface area contributed by atoms with Gasteiger partial charge in [0, 0.05) is 45.8 Å². The molecule has 0 unspecified atom stereocenters. The zero-order chi connectivity index (χ0) is 14.5. The third-order valence-electron chi connectivity index (χ3n) is 3.89. The van der Waals surface area contributed by atoms with Gasteiger partial charge in [-0.25, -0.2) is 9.59 Å². The molecule has 1 saturated carbocycles. The molecule has 2 amide bonds. The van der Waals surface area contributed by atoms with Crippen molar-refractivity contribution in [2.75, 3.05) is 39.3 Å². The molecule has 0 radical (unpaired) electrons. The van der Waals surface area contributed by atoms with E-state index < -0.39 is 12.0 Å². The van der Waals surface area contributed by atoms with Crippen LogP contribution in [0.5, 0.6) is 0 Å². The summed E-state index contributed by atoms with van der Waals surface area (Å²) in [7, 11) is 0. The monoisotopic (exact) mass is 285 g/mol. The number of aliphatic hydroxyl groups is 1. The topological polar surface area (TPSA) is 93.1 Å². The van der Waals surface area contributed by atoms with Crippen LogP contribution in [0.2, 0.25) is 0 Å². The van der Waals surface area contributed by atoms with Crippen LogP contribution >= 0.6 is 0 Å². The maximum atomic E-state index is 12.0. The zero-order valence-electron chi connectivity index (χ0n) is 11.6. The molecule has 2 fully saturated rings. The summed E-state index contributed by atoms with van der Waals surface area (Å²) in [6.45, 7) is 3.82. The molecule has 20 heavy (non-hydrogen) atoms. The average molecular weight is 285 g/mol. The van der Waals surface area contributed by atoms with Gasteiger partial charge in [-0.3, -0.25) is 4.90 Å². The standard InChI is InChI=1S/C13H23N3O4/c17-8-3-11(12(18)19)14-13(20)16-6-4-15(5-7-16)9-10-1-2-10/h10-11,17H,1-9H2,(H,14,20)(H,18,19)/t11-/m0/s1. The van der Waals surface area contributed by atoms with E-state index in [4.69, 9.17) is 10.2 Å². The first kappa shape index (κ1) is 15.1. The lowest BCUT2D eigenvalue weighted by Gasteiger charge is -2.35. The van der Waals surface area contributed by atoms with Crippen molar-refractivity contribution in [1.29, 1.82) is 0 Å². The number of piperazine rings is 1. The number of carbonyl (C=O) groups is 2. The maximum absolute atomic E-state index is 12.0. The first-order chi connectivity index (χ1) is 9.60. The van der Waals surface area contributed by atoms with E-state index in [9.17, 15) is 9.59 Å². The molecule has 0 spiro atoms. The van der Waals surface area contributed by atoms with Crippen molar-refractivity contribution >= 4 is 12.0 Å². The molecule has 0 bridgehead atoms. The third kappa shape index (κ3) is 4.35. The third-order valence-corrected chi connectivity index (χ3v) is 3.89. The van der Waals surface area contributed by atoms with Gasteiger partial charge in [0.2, 0.25) is 0 Å². The number of urea groups is 1. The number of carbonyl (C=O) groups excluding carboxylic acids is 1. The van der Waals surface area contributed by atoms with Gasteiger partial charge in [0.25, 0.3) is 0 Å². The molecule has 1 heterocycles. The first-order valence-electron chi connectivity index (χ1n) is 7.21. The number of nitrogens with one attached hydrogen (secondary N) is 1. The van der Waals surface area contributed by atoms with E-state index in [1.54, 1.807) is 4.90 Å². The molecular formula is C13H23N3O4. The Morgan fingerprint density at radius 1 is 1.20 bits per heavy atom. The van der Waals surface area contributed by atoms with Gasteiger partial charge in [0.15, 0.2) is 0 Å². The molecule has 114 valence electrons. The second kappa shape index (κ2) is 6.90. The highest BCUT2D eigenvalue weighted by molar-refractivity contribution is 5.82. The second-order valence-electron chi connectivity index (χ2n) is 5.58. The highest BCUT2D eigenvalue weighted by Gasteiger charge is 2.29. The fourth-order valence-corrected chi connectivity index (χ4v) is 2.43. The highest BCUT2D eigenvalue weighted by Crippen LogP contribution is 2.29. The van der Waals surface area contributed by atoms with E-state index in [1.165, 1.54) is 12.8 Å². The smallest absolute Gasteiger partial charge is 0.326 e. The van der Waals surface area contributed by atoms with E-state index in [1.807, 2.05) is 0 Å². The number of aliphatic carboxylic acids is 1. The molecule has 1 aliphatic carbocycles. The molecule has 1 atom stereocenters. The Balaban J connectivity index is 1.73. The minimum Gasteiger partial charge on any atom is -0.480 e. The van der Waals surface area contributed by atoms with Gasteiger partial charge in [0.1, 0.15) is 6.04 Å². The molecule has 7 heteroatoms. The normalized spacial score (nSPS) is 21.6. The van der Waals surface area contributed by atoms with Crippen LogP contribution in [0.15, 0.2) is 0 Å². The summed E-state index contributed by atoms with van der Waals surface area (Å²) in [5.41, 5.74) is 0. The van der Waals surface area contributed by atoms with Gasteiger partial charge in [0.05, 0.1) is 0 Å². The number of rotatable bonds is 6. The second-order valence-corrected chi connectivity index (χ2v) is 5.58. The van der Waals surface area contributed by atoms with Crippen LogP contribution in [0.4, 0.5) is 4.79 Å². The van der Waals surface area contributed by atoms with Gasteiger partial charge in [-0.1, -0.05) is 0 Å². The Morgan fingerprint density at radius 3 is 2.35 bits per heavy atom. The molecule has 2 aliphatic rings. The van der Waals surface area contributed by atoms with E-state index in [2.05, 4.69) is 10.2 Å². The van der Waals surface area contributed by atoms with Crippen LogP contribution < -0.4 is 5.32 Å². The molecular weight excluding hydrogens is 262 g/mol. The lowest BCUT2D eigenvalue weighted by Crippen LogP contribution is -2.54. The Hall–Kier alpha value is -1.34. The summed E-state index contributed by atoms with van der Waals surface area (Å²) >= 11 is 0. The van der Waals surface area contributed by atoms with Gasteiger partial charge in [-0.05, 0) is 18.8 Å². The van der Waals surface area contributed by atoms with Crippen molar-refractivity contribution < 1.29 is 19.8 Å². The highest BCUT2D eigenvalue weighted by atomic mass is 16.4. The number of aliphatic hydroxyl groups excluding tert-OH is 1. The van der Waals surface area contributed by atoms with Gasteiger partial charge >= 0.3 is 12.0 Å². The largest absolute Gasteiger partial charge is 0.480 e. The van der Waals surface area contributed by atoms with Crippen LogP contribution in [0, 0.1) is 5.92 Å². The number of nitrogens with zero attached hydrogens (tertiary/aromatic N) is 2. The number of carboxylic acids is 1. The first-order valence-corrected chi connectivity index (χ1v) is 7.21. The number of hydrogen-bond donors (Lipinski definition) is 3. The van der Waals surface area contributed by atoms with E-state index in [0.717, 1.165) is 25.6 Å². The zero-order valence-corrected chi connectivity index (χ0v) is 11.6. The van der Waals surface area contributed by atoms with Crippen LogP contribution in [0.3, 0.4) is 0 Å². The summed E-state index contributed by atoms with van der Waals surface area (Å²) in [6.07, 6.45) is 2.67. The molecule has 2 rings (SSSR count). The van der Waals surface area contributed by atoms with Gasteiger partial charge in [-0.15, -0.1) is 0 Å². The lowest BCUT2D eigenvalue weighted by molar-refractivity contribution is -0.139. The van der Waals surface area contributed by atoms with Crippen molar-refractivity contribution in [3.8, 4) is 0 Å². The molecule has 7 nitrogen and oxygen atoms in total. The summed E-state index contributed by atoms with van der Waals surface area (Å²) in [6, 6.07) is -1.37. The van der Waals surface area contributed by atoms with Crippen LogP contribution in [-0.2, 0) is 4.79 Å². The summed E-state index contributed by atoms with van der Waals surface area (Å²) in [5, 5.41) is 20.2. The minimum absolute atomic E-state index is 0.0305. The molecule has 0 aromatic heterocycles. The van der Waals surface area contributed by atoms with Crippen LogP contribution in [0.1, 0.15) is 19.3 Å². The Labute approximate surface area is 118 Å². The Kier molecular flexibility index (Phi) is 5.19. The molecule has 1 saturated heterocycles. The minimum atomic E-state index is -1.11. The SMILES string of the molecule is O=C(O)[C@H](CCO)NC(=O)N1CCN(CC2CC2)CC1. The van der Waals surface area contributed by atoms with Crippen molar-refractivity contribution in [3.05, 3.63) is 0 Å². The van der Waals surface area contributed by atoms with Crippen LogP contribution in [-0.4, -0.2) is 77.4 Å². The lowest BCUT2D eigenvalue weighted by atomic mass is 10.2. The van der Waals surface area contributed by atoms with E-state index >= 15 is 0 Å². The van der Waals surface area contributed by atoms with Crippen LogP contribution in [0.25, 0.3) is 0 Å². The Bertz CT molecular complexity index is 352. The van der Waals surface area contributed by atoms with Gasteiger partial charge < -0.3 is 20.4 Å². The summed E-state index contributed by atoms with van der Waals surface area (Å²) in [5.74, 6) is -0.268. The van der Waals surface area contributed by atoms with E-state index in [0.29, 0.717) is 13.1 Å². The van der Waals surface area contributed by atoms with Crippen molar-refractivity contribution in [2.24, 2.45) is 5.92 Å². The quantitative estimate of drug-likeness (QED) is 0.615. The predicted octanol–water partition coefficient (Wildman–Crippen LogP) is -0.441. The Morgan fingerprint density at radius 2 is 1.85 bits per heavy atom. The van der Waals surface area contributed by atoms with Crippen molar-refractivity contribution in [1.82, 2.24) is 15.1 Å².